The molecule has 0 amide bonds. The Morgan fingerprint density at radius 3 is 3.00 bits per heavy atom. The summed E-state index contributed by atoms with van der Waals surface area (Å²) in [6.07, 6.45) is 6.85. The second kappa shape index (κ2) is 10.7. The molecule has 0 saturated carbocycles. The highest BCUT2D eigenvalue weighted by Crippen LogP contribution is 2.24. The molecule has 7 nitrogen and oxygen atoms in total. The van der Waals surface area contributed by atoms with E-state index in [1.165, 1.54) is 0 Å². The van der Waals surface area contributed by atoms with Gasteiger partial charge in [-0.2, -0.15) is 0 Å². The Balaban J connectivity index is 1.36. The van der Waals surface area contributed by atoms with Gasteiger partial charge in [0.2, 0.25) is 0 Å². The fourth-order valence-corrected chi connectivity index (χ4v) is 3.73. The second-order valence-electron chi connectivity index (χ2n) is 8.30. The molecule has 1 fully saturated rings. The summed E-state index contributed by atoms with van der Waals surface area (Å²) < 4.78 is 5.63. The molecular formula is C26H30N6O. The summed E-state index contributed by atoms with van der Waals surface area (Å²) in [6.45, 7) is 7.32. The fourth-order valence-electron chi connectivity index (χ4n) is 3.73. The number of nitrogens with zero attached hydrogens (tertiary/aromatic N) is 4. The first-order valence-corrected chi connectivity index (χ1v) is 11.1. The molecule has 170 valence electrons. The highest BCUT2D eigenvalue weighted by Gasteiger charge is 2.23. The zero-order chi connectivity index (χ0) is 23.0. The van der Waals surface area contributed by atoms with Gasteiger partial charge in [0.05, 0.1) is 11.1 Å². The van der Waals surface area contributed by atoms with Crippen molar-refractivity contribution in [2.45, 2.75) is 12.5 Å². The third-order valence-corrected chi connectivity index (χ3v) is 5.42. The highest BCUT2D eigenvalue weighted by atomic mass is 16.5. The number of likely N-dealkylation sites (N-methyl/N-ethyl adjacent to an activating group) is 1. The van der Waals surface area contributed by atoms with Crippen LogP contribution >= 0.6 is 0 Å². The van der Waals surface area contributed by atoms with Gasteiger partial charge in [0.1, 0.15) is 30.1 Å². The number of hydrogen-bond donors (Lipinski definition) is 2. The van der Waals surface area contributed by atoms with Crippen molar-refractivity contribution >= 4 is 16.9 Å². The number of aromatic amines is 1. The number of aromatic nitrogens is 3. The Bertz CT molecular complexity index is 1170. The van der Waals surface area contributed by atoms with E-state index in [-0.39, 0.29) is 0 Å². The van der Waals surface area contributed by atoms with E-state index >= 15 is 0 Å². The van der Waals surface area contributed by atoms with E-state index in [1.807, 2.05) is 36.4 Å². The summed E-state index contributed by atoms with van der Waals surface area (Å²) in [7, 11) is 4.11. The number of H-pyrrole nitrogens is 1. The molecule has 2 N–H and O–H groups in total. The van der Waals surface area contributed by atoms with Gasteiger partial charge in [-0.05, 0) is 50.7 Å². The van der Waals surface area contributed by atoms with E-state index in [4.69, 9.17) is 4.74 Å². The lowest BCUT2D eigenvalue weighted by Gasteiger charge is -2.19. The molecule has 0 aliphatic carbocycles. The Labute approximate surface area is 195 Å². The number of ether oxygens (including phenoxy) is 1. The maximum Gasteiger partial charge on any atom is 0.149 e. The molecular weight excluding hydrogens is 412 g/mol. The van der Waals surface area contributed by atoms with E-state index in [0.29, 0.717) is 12.6 Å². The summed E-state index contributed by atoms with van der Waals surface area (Å²) in [5, 5.41) is 4.52. The molecule has 33 heavy (non-hydrogen) atoms. The number of fused-ring (bicyclic) bond motifs is 1. The summed E-state index contributed by atoms with van der Waals surface area (Å²) in [5.74, 6) is 7.80. The van der Waals surface area contributed by atoms with Crippen molar-refractivity contribution in [1.29, 1.82) is 0 Å². The molecule has 1 aromatic carbocycles. The molecule has 0 spiro atoms. The number of hydrogen-bond acceptors (Lipinski definition) is 6. The summed E-state index contributed by atoms with van der Waals surface area (Å²) in [5.41, 5.74) is 2.61. The van der Waals surface area contributed by atoms with Crippen LogP contribution in [0.15, 0.2) is 67.2 Å². The zero-order valence-corrected chi connectivity index (χ0v) is 19.2. The van der Waals surface area contributed by atoms with Crippen LogP contribution in [0, 0.1) is 11.8 Å². The smallest absolute Gasteiger partial charge is 0.149 e. The predicted octanol–water partition coefficient (Wildman–Crippen LogP) is 3.51. The number of nitrogens with one attached hydrogen (secondary N) is 2. The number of benzene rings is 1. The molecule has 0 radical (unpaired) electrons. The average molecular weight is 443 g/mol. The maximum atomic E-state index is 5.63. The SMILES string of the molecule is C=C(/C=C/CN(C)C)N1CCC(Nc2ncnc3[nH]c(C#CCOc4ccccc4)cc23)C1. The first-order valence-electron chi connectivity index (χ1n) is 11.1. The van der Waals surface area contributed by atoms with Gasteiger partial charge in [0, 0.05) is 31.4 Å². The number of allylic oxidation sites excluding steroid dienone is 1. The Hall–Kier alpha value is -3.76. The van der Waals surface area contributed by atoms with E-state index in [0.717, 1.165) is 60.0 Å². The Morgan fingerprint density at radius 1 is 1.33 bits per heavy atom. The van der Waals surface area contributed by atoms with Gasteiger partial charge in [-0.1, -0.05) is 36.8 Å². The van der Waals surface area contributed by atoms with Crippen LogP contribution in [0.1, 0.15) is 12.1 Å². The van der Waals surface area contributed by atoms with Crippen LogP contribution in [0.25, 0.3) is 11.0 Å². The first-order chi connectivity index (χ1) is 16.1. The second-order valence-corrected chi connectivity index (χ2v) is 8.30. The van der Waals surface area contributed by atoms with Crippen LogP contribution in [-0.2, 0) is 0 Å². The normalized spacial score (nSPS) is 15.7. The summed E-state index contributed by atoms with van der Waals surface area (Å²) in [4.78, 5) is 16.5. The lowest BCUT2D eigenvalue weighted by molar-refractivity contribution is 0.370. The minimum Gasteiger partial charge on any atom is -0.481 e. The van der Waals surface area contributed by atoms with Crippen molar-refractivity contribution < 1.29 is 4.74 Å². The molecule has 3 aromatic rings. The fraction of sp³-hybridized carbons (Fsp3) is 0.308. The molecule has 3 heterocycles. The van der Waals surface area contributed by atoms with Crippen LogP contribution in [0.4, 0.5) is 5.82 Å². The number of rotatable bonds is 8. The van der Waals surface area contributed by atoms with E-state index in [2.05, 4.69) is 74.7 Å². The molecule has 1 unspecified atom stereocenters. The molecule has 0 bridgehead atoms. The predicted molar refractivity (Wildman–Crippen MR) is 133 cm³/mol. The van der Waals surface area contributed by atoms with Crippen LogP contribution in [0.3, 0.4) is 0 Å². The van der Waals surface area contributed by atoms with Crippen molar-refractivity contribution in [3.05, 3.63) is 72.8 Å². The lowest BCUT2D eigenvalue weighted by atomic mass is 10.2. The van der Waals surface area contributed by atoms with Gasteiger partial charge in [-0.25, -0.2) is 9.97 Å². The highest BCUT2D eigenvalue weighted by molar-refractivity contribution is 5.88. The minimum atomic E-state index is 0.297. The topological polar surface area (TPSA) is 69.3 Å². The maximum absolute atomic E-state index is 5.63. The van der Waals surface area contributed by atoms with Gasteiger partial charge in [0.15, 0.2) is 0 Å². The molecule has 1 saturated heterocycles. The van der Waals surface area contributed by atoms with Gasteiger partial charge in [0.25, 0.3) is 0 Å². The van der Waals surface area contributed by atoms with E-state index in [1.54, 1.807) is 6.33 Å². The number of para-hydroxylation sites is 1. The quantitative estimate of drug-likeness (QED) is 0.411. The van der Waals surface area contributed by atoms with E-state index < -0.39 is 0 Å². The standard InChI is InChI=1S/C26H30N6O/c1-20(9-7-14-31(2)3)32-15-13-22(18-32)30-26-24-17-21(29-25(24)27-19-28-26)10-8-16-33-23-11-5-4-6-12-23/h4-7,9,11-12,17,19,22H,1,13-16,18H2,2-3H3,(H2,27,28,29,30)/b9-7+. The molecule has 4 rings (SSSR count). The van der Waals surface area contributed by atoms with Gasteiger partial charge < -0.3 is 24.8 Å². The van der Waals surface area contributed by atoms with Crippen LogP contribution in [0.5, 0.6) is 5.75 Å². The van der Waals surface area contributed by atoms with Crippen molar-refractivity contribution in [1.82, 2.24) is 24.8 Å². The zero-order valence-electron chi connectivity index (χ0n) is 19.2. The van der Waals surface area contributed by atoms with Crippen LogP contribution in [0.2, 0.25) is 0 Å². The van der Waals surface area contributed by atoms with E-state index in [9.17, 15) is 0 Å². The number of likely N-dealkylation sites (tertiary alicyclic amines) is 1. The average Bonchev–Trinajstić information content (AvgIpc) is 3.45. The van der Waals surface area contributed by atoms with Gasteiger partial charge in [-0.15, -0.1) is 0 Å². The number of anilines is 1. The molecule has 1 aliphatic heterocycles. The van der Waals surface area contributed by atoms with Crippen molar-refractivity contribution in [2.75, 3.05) is 45.7 Å². The molecule has 7 heteroatoms. The summed E-state index contributed by atoms with van der Waals surface area (Å²) >= 11 is 0. The Morgan fingerprint density at radius 2 is 2.18 bits per heavy atom. The van der Waals surface area contributed by atoms with Crippen molar-refractivity contribution in [3.63, 3.8) is 0 Å². The molecule has 1 aliphatic rings. The first kappa shape index (κ1) is 22.4. The third kappa shape index (κ3) is 6.15. The Kier molecular flexibility index (Phi) is 7.28. The van der Waals surface area contributed by atoms with Crippen LogP contribution < -0.4 is 10.1 Å². The van der Waals surface area contributed by atoms with Crippen molar-refractivity contribution in [3.8, 4) is 17.6 Å². The van der Waals surface area contributed by atoms with Crippen LogP contribution in [-0.4, -0.2) is 71.1 Å². The monoisotopic (exact) mass is 442 g/mol. The van der Waals surface area contributed by atoms with Gasteiger partial charge in [-0.3, -0.25) is 0 Å². The molecule has 1 atom stereocenters. The van der Waals surface area contributed by atoms with Gasteiger partial charge >= 0.3 is 0 Å². The largest absolute Gasteiger partial charge is 0.481 e. The summed E-state index contributed by atoms with van der Waals surface area (Å²) in [6, 6.07) is 12.0. The molecule has 2 aromatic heterocycles. The minimum absolute atomic E-state index is 0.297. The van der Waals surface area contributed by atoms with Crippen molar-refractivity contribution in [2.24, 2.45) is 0 Å². The third-order valence-electron chi connectivity index (χ3n) is 5.42. The lowest BCUT2D eigenvalue weighted by Crippen LogP contribution is -2.25.